The minimum absolute atomic E-state index is 0.386. The van der Waals surface area contributed by atoms with Crippen LogP contribution in [0, 0.1) is 11.3 Å². The summed E-state index contributed by atoms with van der Waals surface area (Å²) in [6.45, 7) is 2.32. The molecule has 0 saturated carbocycles. The van der Waals surface area contributed by atoms with E-state index in [0.29, 0.717) is 41.2 Å². The molecule has 28 heavy (non-hydrogen) atoms. The molecule has 3 aromatic rings. The zero-order valence-electron chi connectivity index (χ0n) is 15.1. The van der Waals surface area contributed by atoms with Crippen molar-refractivity contribution in [1.82, 2.24) is 25.4 Å². The average Bonchev–Trinajstić information content (AvgIpc) is 2.71. The molecule has 0 radical (unpaired) electrons. The molecule has 0 unspecified atom stereocenters. The Bertz CT molecular complexity index is 1030. The fourth-order valence-electron chi connectivity index (χ4n) is 2.30. The van der Waals surface area contributed by atoms with E-state index in [1.165, 1.54) is 6.33 Å². The first-order chi connectivity index (χ1) is 13.7. The largest absolute Gasteiger partial charge is 0.324 e. The Balaban J connectivity index is 1.79. The van der Waals surface area contributed by atoms with Crippen molar-refractivity contribution in [1.29, 1.82) is 5.26 Å². The van der Waals surface area contributed by atoms with Gasteiger partial charge in [0.1, 0.15) is 6.33 Å². The molecule has 2 N–H and O–H groups in total. The first-order valence-electron chi connectivity index (χ1n) is 8.48. The van der Waals surface area contributed by atoms with E-state index in [1.54, 1.807) is 18.3 Å². The molecular formula is C19H17ClN8. The molecule has 0 aliphatic carbocycles. The van der Waals surface area contributed by atoms with E-state index in [0.717, 1.165) is 11.3 Å². The number of benzene rings is 1. The normalized spacial score (nSPS) is 11.0. The van der Waals surface area contributed by atoms with Crippen LogP contribution in [0.15, 0.2) is 54.0 Å². The molecule has 140 valence electrons. The topological polar surface area (TPSA) is 112 Å². The second kappa shape index (κ2) is 9.39. The van der Waals surface area contributed by atoms with Crippen LogP contribution in [0.5, 0.6) is 0 Å². The molecule has 0 amide bonds. The van der Waals surface area contributed by atoms with E-state index in [9.17, 15) is 0 Å². The van der Waals surface area contributed by atoms with Crippen molar-refractivity contribution in [3.05, 3.63) is 59.6 Å². The molecule has 0 fully saturated rings. The monoisotopic (exact) mass is 392 g/mol. The number of nitrogens with one attached hydrogen (secondary N) is 2. The Labute approximate surface area is 167 Å². The fourth-order valence-corrected chi connectivity index (χ4v) is 2.49. The Morgan fingerprint density at radius 3 is 2.93 bits per heavy atom. The Morgan fingerprint density at radius 1 is 1.21 bits per heavy atom. The summed E-state index contributed by atoms with van der Waals surface area (Å²) in [4.78, 5) is 17.2. The van der Waals surface area contributed by atoms with Gasteiger partial charge in [-0.1, -0.05) is 17.7 Å². The van der Waals surface area contributed by atoms with Gasteiger partial charge < -0.3 is 10.7 Å². The summed E-state index contributed by atoms with van der Waals surface area (Å²) in [5.41, 5.74) is 5.80. The molecule has 9 heteroatoms. The summed E-state index contributed by atoms with van der Waals surface area (Å²) in [6.07, 6.45) is 3.50. The lowest BCUT2D eigenvalue weighted by molar-refractivity contribution is 0.746. The number of nitriles is 1. The zero-order valence-corrected chi connectivity index (χ0v) is 15.9. The van der Waals surface area contributed by atoms with Gasteiger partial charge >= 0.3 is 0 Å². The molecule has 2 heterocycles. The number of pyridine rings is 1. The fraction of sp³-hybridized carbons (Fsp3) is 0.158. The number of nitrogens with zero attached hydrogens (tertiary/aromatic N) is 6. The van der Waals surface area contributed by atoms with Gasteiger partial charge in [-0.25, -0.2) is 9.97 Å². The van der Waals surface area contributed by atoms with E-state index < -0.39 is 0 Å². The van der Waals surface area contributed by atoms with Gasteiger partial charge in [0.15, 0.2) is 5.82 Å². The third-order valence-corrected chi connectivity index (χ3v) is 3.87. The van der Waals surface area contributed by atoms with Gasteiger partial charge in [0.05, 0.1) is 23.9 Å². The van der Waals surface area contributed by atoms with Crippen LogP contribution in [0.25, 0.3) is 11.4 Å². The zero-order chi connectivity index (χ0) is 19.8. The molecule has 0 aliphatic heterocycles. The van der Waals surface area contributed by atoms with E-state index in [1.807, 2.05) is 31.2 Å². The molecule has 0 saturated heterocycles. The maximum Gasteiger partial charge on any atom is 0.230 e. The van der Waals surface area contributed by atoms with Crippen molar-refractivity contribution in [3.63, 3.8) is 0 Å². The molecule has 8 nitrogen and oxygen atoms in total. The van der Waals surface area contributed by atoms with Gasteiger partial charge in [-0.3, -0.25) is 4.98 Å². The molecule has 0 bridgehead atoms. The lowest BCUT2D eigenvalue weighted by Gasteiger charge is -2.07. The molecule has 3 rings (SSSR count). The second-order valence-electron chi connectivity index (χ2n) is 5.71. The van der Waals surface area contributed by atoms with Crippen LogP contribution < -0.4 is 10.7 Å². The highest BCUT2D eigenvalue weighted by Gasteiger charge is 2.08. The summed E-state index contributed by atoms with van der Waals surface area (Å²) in [7, 11) is 0. The predicted octanol–water partition coefficient (Wildman–Crippen LogP) is 3.56. The van der Waals surface area contributed by atoms with E-state index in [2.05, 4.69) is 41.8 Å². The number of rotatable bonds is 7. The van der Waals surface area contributed by atoms with Crippen molar-refractivity contribution >= 4 is 28.9 Å². The first kappa shape index (κ1) is 19.2. The van der Waals surface area contributed by atoms with Crippen molar-refractivity contribution < 1.29 is 0 Å². The van der Waals surface area contributed by atoms with Gasteiger partial charge in [0.25, 0.3) is 0 Å². The Kier molecular flexibility index (Phi) is 6.44. The summed E-state index contributed by atoms with van der Waals surface area (Å²) in [5, 5.41) is 16.5. The van der Waals surface area contributed by atoms with Gasteiger partial charge in [-0.05, 0) is 37.3 Å². The number of hydrogen-bond acceptors (Lipinski definition) is 8. The standard InChI is InChI=1S/C19H17ClN8/c1-13(28-25-8-3-7-21)17-10-14(6-9-22-17)18-23-12-24-19(27-18)26-16-5-2-4-15(20)11-16/h2,4-6,9-12,25H,3,8H2,1H3,(H,23,24,26,27)/b28-13-. The van der Waals surface area contributed by atoms with Crippen molar-refractivity contribution in [2.75, 3.05) is 11.9 Å². The summed E-state index contributed by atoms with van der Waals surface area (Å²) < 4.78 is 0. The van der Waals surface area contributed by atoms with Crippen LogP contribution >= 0.6 is 11.6 Å². The first-order valence-corrected chi connectivity index (χ1v) is 8.86. The average molecular weight is 393 g/mol. The Hall–Kier alpha value is -3.57. The van der Waals surface area contributed by atoms with Crippen LogP contribution in [0.2, 0.25) is 5.02 Å². The number of aromatic nitrogens is 4. The van der Waals surface area contributed by atoms with Gasteiger partial charge in [-0.2, -0.15) is 15.3 Å². The van der Waals surface area contributed by atoms with Crippen LogP contribution in [-0.4, -0.2) is 32.2 Å². The third-order valence-electron chi connectivity index (χ3n) is 3.64. The lowest BCUT2D eigenvalue weighted by Crippen LogP contribution is -2.11. The summed E-state index contributed by atoms with van der Waals surface area (Å²) >= 11 is 6.01. The molecule has 1 aromatic carbocycles. The maximum absolute atomic E-state index is 8.56. The summed E-state index contributed by atoms with van der Waals surface area (Å²) in [5.74, 6) is 0.919. The van der Waals surface area contributed by atoms with Crippen molar-refractivity contribution in [2.45, 2.75) is 13.3 Å². The SMILES string of the molecule is C/C(=N/NCCC#N)c1cc(-c2ncnc(Nc3cccc(Cl)c3)n2)ccn1. The van der Waals surface area contributed by atoms with Gasteiger partial charge in [-0.15, -0.1) is 0 Å². The van der Waals surface area contributed by atoms with Crippen LogP contribution in [-0.2, 0) is 0 Å². The lowest BCUT2D eigenvalue weighted by atomic mass is 10.2. The van der Waals surface area contributed by atoms with E-state index >= 15 is 0 Å². The number of halogens is 1. The molecule has 0 aliphatic rings. The smallest absolute Gasteiger partial charge is 0.230 e. The molecular weight excluding hydrogens is 376 g/mol. The quantitative estimate of drug-likeness (QED) is 0.359. The number of hydrogen-bond donors (Lipinski definition) is 2. The second-order valence-corrected chi connectivity index (χ2v) is 6.15. The molecule has 0 atom stereocenters. The maximum atomic E-state index is 8.56. The predicted molar refractivity (Wildman–Crippen MR) is 108 cm³/mol. The van der Waals surface area contributed by atoms with E-state index in [-0.39, 0.29) is 0 Å². The van der Waals surface area contributed by atoms with Crippen LogP contribution in [0.4, 0.5) is 11.6 Å². The van der Waals surface area contributed by atoms with E-state index in [4.69, 9.17) is 16.9 Å². The highest BCUT2D eigenvalue weighted by molar-refractivity contribution is 6.30. The number of hydrazone groups is 1. The highest BCUT2D eigenvalue weighted by Crippen LogP contribution is 2.20. The third kappa shape index (κ3) is 5.22. The van der Waals surface area contributed by atoms with Crippen LogP contribution in [0.1, 0.15) is 19.0 Å². The Morgan fingerprint density at radius 2 is 2.11 bits per heavy atom. The van der Waals surface area contributed by atoms with Gasteiger partial charge in [0, 0.05) is 29.0 Å². The summed E-state index contributed by atoms with van der Waals surface area (Å²) in [6, 6.07) is 13.0. The minimum atomic E-state index is 0.386. The molecule has 0 spiro atoms. The molecule has 2 aromatic heterocycles. The van der Waals surface area contributed by atoms with Crippen LogP contribution in [0.3, 0.4) is 0 Å². The van der Waals surface area contributed by atoms with Gasteiger partial charge in [0.2, 0.25) is 5.95 Å². The number of anilines is 2. The van der Waals surface area contributed by atoms with Crippen molar-refractivity contribution in [3.8, 4) is 17.5 Å². The van der Waals surface area contributed by atoms with Crippen molar-refractivity contribution in [2.24, 2.45) is 5.10 Å². The highest BCUT2D eigenvalue weighted by atomic mass is 35.5. The minimum Gasteiger partial charge on any atom is -0.324 e.